The molecule has 0 bridgehead atoms. The number of aromatic nitrogens is 1. The number of nitrogens with zero attached hydrogens (tertiary/aromatic N) is 1. The quantitative estimate of drug-likeness (QED) is 0.880. The fourth-order valence-corrected chi connectivity index (χ4v) is 2.86. The van der Waals surface area contributed by atoms with E-state index in [2.05, 4.69) is 5.32 Å². The number of nitrogens with one attached hydrogen (secondary N) is 1. The highest BCUT2D eigenvalue weighted by Crippen LogP contribution is 2.28. The first-order valence-corrected chi connectivity index (χ1v) is 7.00. The molecule has 1 aliphatic rings. The van der Waals surface area contributed by atoms with Crippen LogP contribution in [0.25, 0.3) is 10.9 Å². The Hall–Kier alpha value is -1.94. The number of carboxylic acid groups (broad SMARTS) is 1. The molecule has 0 unspecified atom stereocenters. The zero-order valence-electron chi connectivity index (χ0n) is 11.5. The van der Waals surface area contributed by atoms with Gasteiger partial charge < -0.3 is 10.4 Å². The van der Waals surface area contributed by atoms with E-state index in [0.717, 1.165) is 48.1 Å². The zero-order chi connectivity index (χ0) is 14.1. The van der Waals surface area contributed by atoms with Crippen LogP contribution in [0, 0.1) is 6.92 Å². The normalized spacial score (nSPS) is 16.4. The van der Waals surface area contributed by atoms with Crippen molar-refractivity contribution in [2.24, 2.45) is 0 Å². The molecular weight excluding hydrogens is 252 g/mol. The summed E-state index contributed by atoms with van der Waals surface area (Å²) in [5, 5.41) is 13.5. The monoisotopic (exact) mass is 270 g/mol. The van der Waals surface area contributed by atoms with Crippen LogP contribution in [-0.4, -0.2) is 29.1 Å². The van der Waals surface area contributed by atoms with Crippen molar-refractivity contribution >= 4 is 16.9 Å². The number of carbonyl (C=O) groups is 1. The third kappa shape index (κ3) is 2.39. The van der Waals surface area contributed by atoms with E-state index in [1.54, 1.807) is 6.07 Å². The molecule has 2 heterocycles. The zero-order valence-corrected chi connectivity index (χ0v) is 11.5. The van der Waals surface area contributed by atoms with Gasteiger partial charge in [-0.2, -0.15) is 0 Å². The van der Waals surface area contributed by atoms with Crippen molar-refractivity contribution < 1.29 is 9.90 Å². The second-order valence-corrected chi connectivity index (χ2v) is 5.44. The minimum atomic E-state index is -0.878. The van der Waals surface area contributed by atoms with E-state index in [1.807, 2.05) is 25.1 Å². The fourth-order valence-electron chi connectivity index (χ4n) is 2.86. The van der Waals surface area contributed by atoms with Crippen LogP contribution >= 0.6 is 0 Å². The highest BCUT2D eigenvalue weighted by molar-refractivity contribution is 6.02. The molecule has 1 saturated heterocycles. The summed E-state index contributed by atoms with van der Waals surface area (Å²) < 4.78 is 0. The van der Waals surface area contributed by atoms with Gasteiger partial charge in [-0.25, -0.2) is 4.79 Å². The Morgan fingerprint density at radius 1 is 1.30 bits per heavy atom. The maximum Gasteiger partial charge on any atom is 0.336 e. The number of aromatic carboxylic acids is 1. The Labute approximate surface area is 117 Å². The molecule has 2 N–H and O–H groups in total. The number of rotatable bonds is 2. The van der Waals surface area contributed by atoms with Crippen LogP contribution in [-0.2, 0) is 0 Å². The minimum absolute atomic E-state index is 0.360. The van der Waals surface area contributed by atoms with E-state index in [0.29, 0.717) is 11.5 Å². The van der Waals surface area contributed by atoms with Crippen LogP contribution in [0.3, 0.4) is 0 Å². The van der Waals surface area contributed by atoms with Crippen molar-refractivity contribution in [2.45, 2.75) is 25.7 Å². The minimum Gasteiger partial charge on any atom is -0.478 e. The highest BCUT2D eigenvalue weighted by atomic mass is 16.4. The van der Waals surface area contributed by atoms with Crippen LogP contribution in [0.1, 0.15) is 40.4 Å². The van der Waals surface area contributed by atoms with Crippen molar-refractivity contribution in [3.63, 3.8) is 0 Å². The molecule has 4 heteroatoms. The van der Waals surface area contributed by atoms with Gasteiger partial charge in [-0.3, -0.25) is 4.98 Å². The summed E-state index contributed by atoms with van der Waals surface area (Å²) in [5.41, 5.74) is 3.17. The molecule has 0 saturated carbocycles. The summed E-state index contributed by atoms with van der Waals surface area (Å²) in [7, 11) is 0. The van der Waals surface area contributed by atoms with Crippen LogP contribution in [0.15, 0.2) is 24.3 Å². The first kappa shape index (κ1) is 13.1. The Kier molecular flexibility index (Phi) is 3.40. The van der Waals surface area contributed by atoms with Crippen LogP contribution in [0.2, 0.25) is 0 Å². The number of fused-ring (bicyclic) bond motifs is 1. The molecule has 0 amide bonds. The molecule has 4 nitrogen and oxygen atoms in total. The molecule has 0 spiro atoms. The number of carboxylic acids is 1. The summed E-state index contributed by atoms with van der Waals surface area (Å²) in [6, 6.07) is 7.51. The molecule has 1 aromatic carbocycles. The molecule has 3 rings (SSSR count). The lowest BCUT2D eigenvalue weighted by Crippen LogP contribution is -2.27. The predicted octanol–water partition coefficient (Wildman–Crippen LogP) is 2.71. The summed E-state index contributed by atoms with van der Waals surface area (Å²) in [4.78, 5) is 16.2. The summed E-state index contributed by atoms with van der Waals surface area (Å²) in [6.07, 6.45) is 2.03. The van der Waals surface area contributed by atoms with E-state index in [1.165, 1.54) is 0 Å². The molecule has 104 valence electrons. The molecule has 1 fully saturated rings. The Morgan fingerprint density at radius 3 is 2.75 bits per heavy atom. The Bertz CT molecular complexity index is 661. The summed E-state index contributed by atoms with van der Waals surface area (Å²) >= 11 is 0. The maximum atomic E-state index is 11.5. The Morgan fingerprint density at radius 2 is 2.05 bits per heavy atom. The third-order valence-electron chi connectivity index (χ3n) is 3.97. The van der Waals surface area contributed by atoms with Gasteiger partial charge in [0, 0.05) is 17.0 Å². The lowest BCUT2D eigenvalue weighted by atomic mass is 9.92. The topological polar surface area (TPSA) is 62.2 Å². The lowest BCUT2D eigenvalue weighted by Gasteiger charge is -2.22. The lowest BCUT2D eigenvalue weighted by molar-refractivity contribution is 0.0699. The summed E-state index contributed by atoms with van der Waals surface area (Å²) in [5.74, 6) is -0.518. The number of hydrogen-bond acceptors (Lipinski definition) is 3. The Balaban J connectivity index is 2.15. The van der Waals surface area contributed by atoms with Crippen molar-refractivity contribution in [2.75, 3.05) is 13.1 Å². The van der Waals surface area contributed by atoms with E-state index in [4.69, 9.17) is 4.98 Å². The van der Waals surface area contributed by atoms with Crippen molar-refractivity contribution in [1.82, 2.24) is 10.3 Å². The predicted molar refractivity (Wildman–Crippen MR) is 78.3 cm³/mol. The van der Waals surface area contributed by atoms with Crippen molar-refractivity contribution in [3.8, 4) is 0 Å². The van der Waals surface area contributed by atoms with Crippen LogP contribution in [0.4, 0.5) is 0 Å². The van der Waals surface area contributed by atoms with E-state index < -0.39 is 5.97 Å². The van der Waals surface area contributed by atoms with Crippen LogP contribution < -0.4 is 5.32 Å². The van der Waals surface area contributed by atoms with Gasteiger partial charge in [-0.1, -0.05) is 12.1 Å². The first-order valence-electron chi connectivity index (χ1n) is 7.00. The van der Waals surface area contributed by atoms with Gasteiger partial charge in [0.1, 0.15) is 0 Å². The van der Waals surface area contributed by atoms with E-state index in [9.17, 15) is 9.90 Å². The van der Waals surface area contributed by atoms with Gasteiger partial charge in [0.05, 0.1) is 11.1 Å². The highest BCUT2D eigenvalue weighted by Gasteiger charge is 2.20. The van der Waals surface area contributed by atoms with E-state index >= 15 is 0 Å². The average molecular weight is 270 g/mol. The molecule has 20 heavy (non-hydrogen) atoms. The van der Waals surface area contributed by atoms with E-state index in [-0.39, 0.29) is 0 Å². The van der Waals surface area contributed by atoms with Crippen molar-refractivity contribution in [3.05, 3.63) is 41.1 Å². The molecule has 1 aromatic heterocycles. The standard InChI is InChI=1S/C16H18N2O2/c1-10-2-3-12-13(16(19)20)9-14(18-15(12)8-10)11-4-6-17-7-5-11/h2-3,8-9,11,17H,4-7H2,1H3,(H,19,20). The first-order chi connectivity index (χ1) is 9.65. The van der Waals surface area contributed by atoms with Gasteiger partial charge in [0.25, 0.3) is 0 Å². The van der Waals surface area contributed by atoms with Gasteiger partial charge in [-0.05, 0) is 50.6 Å². The number of hydrogen-bond donors (Lipinski definition) is 2. The SMILES string of the molecule is Cc1ccc2c(C(=O)O)cc(C3CCNCC3)nc2c1. The summed E-state index contributed by atoms with van der Waals surface area (Å²) in [6.45, 7) is 3.94. The number of aryl methyl sites for hydroxylation is 1. The second kappa shape index (κ2) is 5.21. The molecular formula is C16H18N2O2. The average Bonchev–Trinajstić information content (AvgIpc) is 2.46. The third-order valence-corrected chi connectivity index (χ3v) is 3.97. The number of benzene rings is 1. The van der Waals surface area contributed by atoms with Crippen molar-refractivity contribution in [1.29, 1.82) is 0 Å². The van der Waals surface area contributed by atoms with Crippen LogP contribution in [0.5, 0.6) is 0 Å². The smallest absolute Gasteiger partial charge is 0.336 e. The van der Waals surface area contributed by atoms with Gasteiger partial charge >= 0.3 is 5.97 Å². The maximum absolute atomic E-state index is 11.5. The van der Waals surface area contributed by atoms with Gasteiger partial charge in [0.2, 0.25) is 0 Å². The largest absolute Gasteiger partial charge is 0.478 e. The van der Waals surface area contributed by atoms with Gasteiger partial charge in [0.15, 0.2) is 0 Å². The molecule has 2 aromatic rings. The molecule has 0 aliphatic carbocycles. The van der Waals surface area contributed by atoms with Gasteiger partial charge in [-0.15, -0.1) is 0 Å². The molecule has 1 aliphatic heterocycles. The number of pyridine rings is 1. The number of piperidine rings is 1. The second-order valence-electron chi connectivity index (χ2n) is 5.44. The molecule has 0 radical (unpaired) electrons. The molecule has 0 atom stereocenters. The fraction of sp³-hybridized carbons (Fsp3) is 0.375.